The van der Waals surface area contributed by atoms with Crippen molar-refractivity contribution in [3.8, 4) is 5.95 Å². The molecule has 0 amide bonds. The highest BCUT2D eigenvalue weighted by Crippen LogP contribution is 2.48. The maximum absolute atomic E-state index is 6.55. The van der Waals surface area contributed by atoms with E-state index in [1.54, 1.807) is 0 Å². The molecule has 0 radical (unpaired) electrons. The largest absolute Gasteiger partial charge is 0.370 e. The minimum Gasteiger partial charge on any atom is -0.370 e. The van der Waals surface area contributed by atoms with Crippen LogP contribution in [0.25, 0.3) is 30.3 Å². The third-order valence-corrected chi connectivity index (χ3v) is 13.3. The summed E-state index contributed by atoms with van der Waals surface area (Å²) in [6.45, 7) is 0. The zero-order valence-corrected chi connectivity index (χ0v) is 28.2. The molecule has 2 aliphatic heterocycles. The van der Waals surface area contributed by atoms with Crippen LogP contribution in [0.15, 0.2) is 72.4 Å². The van der Waals surface area contributed by atoms with Gasteiger partial charge >= 0.3 is 0 Å². The van der Waals surface area contributed by atoms with Crippen LogP contribution in [0.3, 0.4) is 0 Å². The molecule has 0 aromatic carbocycles. The number of allylic oxidation sites excluding steroid dienone is 7. The Kier molecular flexibility index (Phi) is 6.72. The summed E-state index contributed by atoms with van der Waals surface area (Å²) < 4.78 is 15.5. The Morgan fingerprint density at radius 2 is 1.65 bits per heavy atom. The van der Waals surface area contributed by atoms with E-state index in [4.69, 9.17) is 19.4 Å². The molecular formula is C44H45N3O2. The Hall–Kier alpha value is -3.80. The third kappa shape index (κ3) is 4.57. The Morgan fingerprint density at radius 3 is 2.65 bits per heavy atom. The molecule has 5 heteroatoms. The van der Waals surface area contributed by atoms with E-state index in [0.29, 0.717) is 47.7 Å². The molecule has 10 atom stereocenters. The topological polar surface area (TPSA) is 49.2 Å². The minimum absolute atomic E-state index is 0.233. The van der Waals surface area contributed by atoms with Crippen LogP contribution in [0.5, 0.6) is 0 Å². The summed E-state index contributed by atoms with van der Waals surface area (Å²) in [5.41, 5.74) is 8.26. The van der Waals surface area contributed by atoms with Gasteiger partial charge in [-0.15, -0.1) is 0 Å². The number of aromatic nitrogens is 3. The van der Waals surface area contributed by atoms with Crippen LogP contribution in [0.1, 0.15) is 85.5 Å². The van der Waals surface area contributed by atoms with E-state index in [1.165, 1.54) is 39.0 Å². The molecule has 0 N–H and O–H groups in total. The molecule has 9 aliphatic rings. The maximum atomic E-state index is 6.55. The van der Waals surface area contributed by atoms with Crippen molar-refractivity contribution < 1.29 is 9.47 Å². The quantitative estimate of drug-likeness (QED) is 0.337. The molecule has 10 unspecified atom stereocenters. The molecule has 0 spiro atoms. The highest BCUT2D eigenvalue weighted by Gasteiger charge is 2.47. The van der Waals surface area contributed by atoms with Gasteiger partial charge in [-0.05, 0) is 98.8 Å². The van der Waals surface area contributed by atoms with E-state index >= 15 is 0 Å². The highest BCUT2D eigenvalue weighted by atomic mass is 16.5. The summed E-state index contributed by atoms with van der Waals surface area (Å²) >= 11 is 0. The summed E-state index contributed by atoms with van der Waals surface area (Å²) in [6.07, 6.45) is 47.4. The molecule has 11 rings (SSSR count). The number of hydrogen-bond acceptors (Lipinski definition) is 4. The molecule has 3 fully saturated rings. The van der Waals surface area contributed by atoms with Gasteiger partial charge in [0.05, 0.1) is 41.2 Å². The summed E-state index contributed by atoms with van der Waals surface area (Å²) in [5, 5.41) is 2.43. The van der Waals surface area contributed by atoms with Crippen LogP contribution in [0.2, 0.25) is 0 Å². The number of rotatable bonds is 3. The molecular weight excluding hydrogens is 603 g/mol. The second-order valence-electron chi connectivity index (χ2n) is 15.9. The van der Waals surface area contributed by atoms with Gasteiger partial charge in [-0.2, -0.15) is 0 Å². The lowest BCUT2D eigenvalue weighted by Crippen LogP contribution is -2.39. The monoisotopic (exact) mass is 647 g/mol. The Morgan fingerprint density at radius 1 is 0.755 bits per heavy atom. The van der Waals surface area contributed by atoms with Crippen LogP contribution < -0.4 is 10.6 Å². The second-order valence-corrected chi connectivity index (χ2v) is 15.9. The van der Waals surface area contributed by atoms with Gasteiger partial charge in [-0.1, -0.05) is 85.1 Å². The van der Waals surface area contributed by atoms with Crippen molar-refractivity contribution >= 4 is 24.3 Å². The van der Waals surface area contributed by atoms with Crippen molar-refractivity contribution in [3.63, 3.8) is 0 Å². The first-order valence-electron chi connectivity index (χ1n) is 19.2. The maximum Gasteiger partial charge on any atom is 0.235 e. The number of fused-ring (bicyclic) bond motifs is 10. The van der Waals surface area contributed by atoms with Crippen LogP contribution in [0.4, 0.5) is 0 Å². The molecule has 2 saturated heterocycles. The third-order valence-electron chi connectivity index (χ3n) is 13.3. The van der Waals surface area contributed by atoms with Crippen molar-refractivity contribution in [2.45, 2.75) is 94.5 Å². The summed E-state index contributed by atoms with van der Waals surface area (Å²) in [6, 6.07) is 0. The van der Waals surface area contributed by atoms with Gasteiger partial charge in [-0.3, -0.25) is 4.57 Å². The van der Waals surface area contributed by atoms with Crippen molar-refractivity contribution in [1.82, 2.24) is 14.5 Å². The van der Waals surface area contributed by atoms with Gasteiger partial charge in [0, 0.05) is 34.6 Å². The molecule has 4 heterocycles. The molecule has 7 aliphatic carbocycles. The van der Waals surface area contributed by atoms with Gasteiger partial charge in [0.1, 0.15) is 0 Å². The lowest BCUT2D eigenvalue weighted by atomic mass is 9.72. The van der Waals surface area contributed by atoms with E-state index in [2.05, 4.69) is 95.7 Å². The lowest BCUT2D eigenvalue weighted by Gasteiger charge is -2.33. The first-order chi connectivity index (χ1) is 24.3. The Bertz CT molecular complexity index is 2070. The molecule has 2 aromatic rings. The molecule has 5 nitrogen and oxygen atoms in total. The first kappa shape index (κ1) is 29.0. The Balaban J connectivity index is 0.969. The van der Waals surface area contributed by atoms with Crippen molar-refractivity contribution in [3.05, 3.63) is 111 Å². The fraction of sp³-hybridized carbons (Fsp3) is 0.455. The minimum atomic E-state index is 0.233. The summed E-state index contributed by atoms with van der Waals surface area (Å²) in [7, 11) is 0. The number of hydrogen-bond donors (Lipinski definition) is 0. The standard InChI is InChI=1S/C44H45N3O2/c1-5-13-36-32(12-1)43(28-19-22-42-35(25-28)31-11-4-8-16-40(31)49-42)46-44(45-36)47-37-14-6-2-9-29(37)33-23-26(17-20-38(33)47)27-18-21-41-34(24-27)30-10-3-7-15-39(30)48-41/h2-4,7-9,11-13,16-18,20-21,24,26,28,30-31,34-35,39-42H,1,5-6,10,14-15,19,22-23,25H2. The van der Waals surface area contributed by atoms with Crippen molar-refractivity contribution in [2.75, 3.05) is 0 Å². The fourth-order valence-corrected chi connectivity index (χ4v) is 11.0. The first-order valence-corrected chi connectivity index (χ1v) is 19.2. The number of nitrogens with zero attached hydrogens (tertiary/aromatic N) is 3. The van der Waals surface area contributed by atoms with Gasteiger partial charge < -0.3 is 9.47 Å². The van der Waals surface area contributed by atoms with Crippen molar-refractivity contribution in [2.24, 2.45) is 29.6 Å². The molecule has 1 saturated carbocycles. The van der Waals surface area contributed by atoms with Crippen LogP contribution >= 0.6 is 0 Å². The SMILES string of the molecule is C1=CC2OC3CCC(c4nc(-n5c6c(c7c5CCC=C7)CC(C5=CC7C(C=C5)OC5CC=CCC57)C=C6)nc5c4=CCCC=5)CC3C2C=C1. The molecule has 0 bridgehead atoms. The zero-order valence-electron chi connectivity index (χ0n) is 28.2. The lowest BCUT2D eigenvalue weighted by molar-refractivity contribution is 0.0336. The number of ether oxygens (including phenoxy) is 2. The van der Waals surface area contributed by atoms with E-state index in [9.17, 15) is 0 Å². The molecule has 248 valence electrons. The smallest absolute Gasteiger partial charge is 0.235 e. The van der Waals surface area contributed by atoms with Gasteiger partial charge in [0.15, 0.2) is 0 Å². The van der Waals surface area contributed by atoms with Gasteiger partial charge in [0.2, 0.25) is 5.95 Å². The van der Waals surface area contributed by atoms with E-state index in [-0.39, 0.29) is 12.2 Å². The zero-order chi connectivity index (χ0) is 32.1. The molecule has 49 heavy (non-hydrogen) atoms. The highest BCUT2D eigenvalue weighted by molar-refractivity contribution is 5.71. The summed E-state index contributed by atoms with van der Waals surface area (Å²) in [4.78, 5) is 11.0. The Labute approximate surface area is 288 Å². The van der Waals surface area contributed by atoms with E-state index in [1.807, 2.05) is 0 Å². The average molecular weight is 648 g/mol. The normalized spacial score (nSPS) is 37.2. The second kappa shape index (κ2) is 11.4. The predicted molar refractivity (Wildman–Crippen MR) is 194 cm³/mol. The van der Waals surface area contributed by atoms with Crippen molar-refractivity contribution in [1.29, 1.82) is 0 Å². The fourth-order valence-electron chi connectivity index (χ4n) is 11.0. The molecule has 2 aromatic heterocycles. The van der Waals surface area contributed by atoms with Crippen LogP contribution in [0, 0.1) is 29.6 Å². The average Bonchev–Trinajstić information content (AvgIpc) is 3.83. The van der Waals surface area contributed by atoms with E-state index < -0.39 is 0 Å². The summed E-state index contributed by atoms with van der Waals surface area (Å²) in [5.74, 6) is 3.81. The van der Waals surface area contributed by atoms with Gasteiger partial charge in [0.25, 0.3) is 0 Å². The predicted octanol–water partition coefficient (Wildman–Crippen LogP) is 7.01. The van der Waals surface area contributed by atoms with Crippen LogP contribution in [-0.4, -0.2) is 39.0 Å². The van der Waals surface area contributed by atoms with Gasteiger partial charge in [-0.25, -0.2) is 9.97 Å². The van der Waals surface area contributed by atoms with E-state index in [0.717, 1.165) is 75.5 Å². The van der Waals surface area contributed by atoms with Crippen LogP contribution in [-0.2, 0) is 22.3 Å².